The van der Waals surface area contributed by atoms with Crippen molar-refractivity contribution in [2.75, 3.05) is 26.7 Å². The Labute approximate surface area is 75.9 Å². The van der Waals surface area contributed by atoms with Crippen molar-refractivity contribution >= 4 is 0 Å². The van der Waals surface area contributed by atoms with Gasteiger partial charge in [-0.15, -0.1) is 6.58 Å². The van der Waals surface area contributed by atoms with Crippen LogP contribution >= 0.6 is 0 Å². The number of rotatable bonds is 8. The van der Waals surface area contributed by atoms with Crippen LogP contribution in [0, 0.1) is 0 Å². The topological polar surface area (TPSA) is 23.5 Å². The van der Waals surface area contributed by atoms with E-state index in [9.17, 15) is 0 Å². The zero-order valence-electron chi connectivity index (χ0n) is 8.13. The van der Waals surface area contributed by atoms with Crippen LogP contribution in [0.2, 0.25) is 0 Å². The first-order chi connectivity index (χ1) is 5.81. The Morgan fingerprint density at radius 3 is 2.58 bits per heavy atom. The highest BCUT2D eigenvalue weighted by Gasteiger charge is 1.95. The van der Waals surface area contributed by atoms with E-state index in [0.717, 1.165) is 19.5 Å². The van der Waals surface area contributed by atoms with Crippen molar-refractivity contribution in [1.29, 1.82) is 0 Å². The molecule has 0 rings (SSSR count). The van der Waals surface area contributed by atoms with Crippen molar-refractivity contribution < 1.29 is 5.11 Å². The van der Waals surface area contributed by atoms with E-state index in [-0.39, 0.29) is 6.61 Å². The number of aliphatic hydroxyl groups is 1. The molecule has 0 aliphatic heterocycles. The van der Waals surface area contributed by atoms with E-state index in [4.69, 9.17) is 5.11 Å². The fraction of sp³-hybridized carbons (Fsp3) is 0.800. The molecule has 0 radical (unpaired) electrons. The molecule has 0 aromatic carbocycles. The SMILES string of the molecule is C=CCCCCCN(C)CCO. The van der Waals surface area contributed by atoms with Gasteiger partial charge in [0.05, 0.1) is 6.61 Å². The van der Waals surface area contributed by atoms with Crippen molar-refractivity contribution in [2.24, 2.45) is 0 Å². The van der Waals surface area contributed by atoms with Gasteiger partial charge in [-0.2, -0.15) is 0 Å². The molecule has 12 heavy (non-hydrogen) atoms. The van der Waals surface area contributed by atoms with Gasteiger partial charge in [0.15, 0.2) is 0 Å². The second-order valence-electron chi connectivity index (χ2n) is 3.16. The fourth-order valence-electron chi connectivity index (χ4n) is 1.13. The maximum atomic E-state index is 8.62. The Balaban J connectivity index is 3.02. The van der Waals surface area contributed by atoms with Gasteiger partial charge >= 0.3 is 0 Å². The molecule has 0 amide bonds. The van der Waals surface area contributed by atoms with Gasteiger partial charge < -0.3 is 10.0 Å². The number of allylic oxidation sites excluding steroid dienone is 1. The van der Waals surface area contributed by atoms with Crippen LogP contribution in [0.3, 0.4) is 0 Å². The number of hydrogen-bond acceptors (Lipinski definition) is 2. The lowest BCUT2D eigenvalue weighted by Gasteiger charge is -2.13. The molecule has 0 fully saturated rings. The molecule has 0 heterocycles. The normalized spacial score (nSPS) is 10.6. The first-order valence-corrected chi connectivity index (χ1v) is 4.71. The van der Waals surface area contributed by atoms with E-state index in [2.05, 4.69) is 11.5 Å². The molecule has 0 aromatic heterocycles. The van der Waals surface area contributed by atoms with Gasteiger partial charge in [-0.1, -0.05) is 12.5 Å². The van der Waals surface area contributed by atoms with E-state index in [1.165, 1.54) is 19.3 Å². The van der Waals surface area contributed by atoms with Crippen molar-refractivity contribution in [2.45, 2.75) is 25.7 Å². The Hall–Kier alpha value is -0.340. The van der Waals surface area contributed by atoms with Gasteiger partial charge in [0.25, 0.3) is 0 Å². The number of likely N-dealkylation sites (N-methyl/N-ethyl adjacent to an activating group) is 1. The van der Waals surface area contributed by atoms with Crippen LogP contribution in [0.25, 0.3) is 0 Å². The standard InChI is InChI=1S/C10H21NO/c1-3-4-5-6-7-8-11(2)9-10-12/h3,12H,1,4-10H2,2H3. The second kappa shape index (κ2) is 8.75. The predicted octanol–water partition coefficient (Wildman–Crippen LogP) is 1.66. The number of unbranched alkanes of at least 4 members (excludes halogenated alkanes) is 3. The van der Waals surface area contributed by atoms with Crippen LogP contribution in [0.1, 0.15) is 25.7 Å². The van der Waals surface area contributed by atoms with E-state index in [0.29, 0.717) is 0 Å². The van der Waals surface area contributed by atoms with E-state index in [1.807, 2.05) is 13.1 Å². The summed E-state index contributed by atoms with van der Waals surface area (Å²) in [5, 5.41) is 8.62. The largest absolute Gasteiger partial charge is 0.395 e. The quantitative estimate of drug-likeness (QED) is 0.443. The van der Waals surface area contributed by atoms with Gasteiger partial charge in [-0.3, -0.25) is 0 Å². The smallest absolute Gasteiger partial charge is 0.0558 e. The summed E-state index contributed by atoms with van der Waals surface area (Å²) in [5.41, 5.74) is 0. The molecule has 1 N–H and O–H groups in total. The molecule has 0 saturated heterocycles. The Morgan fingerprint density at radius 2 is 2.00 bits per heavy atom. The molecule has 0 unspecified atom stereocenters. The monoisotopic (exact) mass is 171 g/mol. The fourth-order valence-corrected chi connectivity index (χ4v) is 1.13. The Morgan fingerprint density at radius 1 is 1.25 bits per heavy atom. The van der Waals surface area contributed by atoms with Crippen LogP contribution in [0.5, 0.6) is 0 Å². The van der Waals surface area contributed by atoms with Gasteiger partial charge in [0.2, 0.25) is 0 Å². The average molecular weight is 171 g/mol. The first-order valence-electron chi connectivity index (χ1n) is 4.71. The predicted molar refractivity (Wildman–Crippen MR) is 53.2 cm³/mol. The minimum absolute atomic E-state index is 0.267. The molecular weight excluding hydrogens is 150 g/mol. The number of hydrogen-bond donors (Lipinski definition) is 1. The summed E-state index contributed by atoms with van der Waals surface area (Å²) in [5.74, 6) is 0. The lowest BCUT2D eigenvalue weighted by molar-refractivity contribution is 0.219. The summed E-state index contributed by atoms with van der Waals surface area (Å²) in [6.45, 7) is 5.83. The summed E-state index contributed by atoms with van der Waals surface area (Å²) in [6, 6.07) is 0. The average Bonchev–Trinajstić information content (AvgIpc) is 2.05. The van der Waals surface area contributed by atoms with Crippen molar-refractivity contribution in [1.82, 2.24) is 4.90 Å². The molecule has 0 saturated carbocycles. The van der Waals surface area contributed by atoms with Gasteiger partial charge in [-0.05, 0) is 32.9 Å². The molecule has 0 aliphatic rings. The minimum atomic E-state index is 0.267. The summed E-state index contributed by atoms with van der Waals surface area (Å²) in [7, 11) is 2.05. The molecule has 72 valence electrons. The zero-order valence-corrected chi connectivity index (χ0v) is 8.13. The van der Waals surface area contributed by atoms with Gasteiger partial charge in [0.1, 0.15) is 0 Å². The summed E-state index contributed by atoms with van der Waals surface area (Å²) >= 11 is 0. The maximum absolute atomic E-state index is 8.62. The third kappa shape index (κ3) is 7.76. The number of nitrogens with zero attached hydrogens (tertiary/aromatic N) is 1. The van der Waals surface area contributed by atoms with Crippen molar-refractivity contribution in [3.8, 4) is 0 Å². The first kappa shape index (κ1) is 11.7. The molecule has 0 atom stereocenters. The highest BCUT2D eigenvalue weighted by Crippen LogP contribution is 2.00. The van der Waals surface area contributed by atoms with Crippen LogP contribution < -0.4 is 0 Å². The Bertz CT molecular complexity index is 104. The van der Waals surface area contributed by atoms with Gasteiger partial charge in [0, 0.05) is 6.54 Å². The highest BCUT2D eigenvalue weighted by atomic mass is 16.3. The molecule has 0 aliphatic carbocycles. The lowest BCUT2D eigenvalue weighted by atomic mass is 10.2. The Kier molecular flexibility index (Phi) is 8.51. The molecule has 0 aromatic rings. The molecule has 0 bridgehead atoms. The third-order valence-electron chi connectivity index (χ3n) is 1.93. The van der Waals surface area contributed by atoms with E-state index < -0.39 is 0 Å². The van der Waals surface area contributed by atoms with Gasteiger partial charge in [-0.25, -0.2) is 0 Å². The van der Waals surface area contributed by atoms with Crippen molar-refractivity contribution in [3.05, 3.63) is 12.7 Å². The second-order valence-corrected chi connectivity index (χ2v) is 3.16. The summed E-state index contributed by atoms with van der Waals surface area (Å²) < 4.78 is 0. The molecular formula is C10H21NO. The third-order valence-corrected chi connectivity index (χ3v) is 1.93. The van der Waals surface area contributed by atoms with E-state index in [1.54, 1.807) is 0 Å². The van der Waals surface area contributed by atoms with Crippen LogP contribution in [0.15, 0.2) is 12.7 Å². The van der Waals surface area contributed by atoms with E-state index >= 15 is 0 Å². The van der Waals surface area contributed by atoms with Crippen LogP contribution in [-0.4, -0.2) is 36.8 Å². The van der Waals surface area contributed by atoms with Crippen LogP contribution in [-0.2, 0) is 0 Å². The maximum Gasteiger partial charge on any atom is 0.0558 e. The van der Waals surface area contributed by atoms with Crippen molar-refractivity contribution in [3.63, 3.8) is 0 Å². The molecule has 2 nitrogen and oxygen atoms in total. The van der Waals surface area contributed by atoms with Crippen LogP contribution in [0.4, 0.5) is 0 Å². The zero-order chi connectivity index (χ0) is 9.23. The highest BCUT2D eigenvalue weighted by molar-refractivity contribution is 4.65. The summed E-state index contributed by atoms with van der Waals surface area (Å²) in [4.78, 5) is 2.16. The molecule has 0 spiro atoms. The lowest BCUT2D eigenvalue weighted by Crippen LogP contribution is -2.23. The summed E-state index contributed by atoms with van der Waals surface area (Å²) in [6.07, 6.45) is 6.84. The number of aliphatic hydroxyl groups excluding tert-OH is 1. The molecule has 2 heteroatoms. The minimum Gasteiger partial charge on any atom is -0.395 e.